The zero-order valence-electron chi connectivity index (χ0n) is 13.6. The Morgan fingerprint density at radius 2 is 2.30 bits per heavy atom. The largest absolute Gasteiger partial charge is 0.488 e. The third-order valence-corrected chi connectivity index (χ3v) is 4.29. The van der Waals surface area contributed by atoms with E-state index in [2.05, 4.69) is 16.3 Å². The number of benzene rings is 1. The van der Waals surface area contributed by atoms with Gasteiger partial charge in [0.1, 0.15) is 12.4 Å². The molecule has 6 nitrogen and oxygen atoms in total. The van der Waals surface area contributed by atoms with Gasteiger partial charge in [0.2, 0.25) is 0 Å². The van der Waals surface area contributed by atoms with E-state index >= 15 is 0 Å². The molecule has 0 aliphatic carbocycles. The molecule has 0 aliphatic heterocycles. The molecule has 0 saturated carbocycles. The fourth-order valence-corrected chi connectivity index (χ4v) is 2.93. The van der Waals surface area contributed by atoms with E-state index in [0.717, 1.165) is 10.2 Å². The van der Waals surface area contributed by atoms with E-state index in [1.807, 2.05) is 6.92 Å². The number of thiophene rings is 1. The molecule has 116 valence electrons. The molecule has 7 heteroatoms. The fraction of sp³-hybridized carbons (Fsp3) is 0.188. The Morgan fingerprint density at radius 3 is 2.96 bits per heavy atom. The summed E-state index contributed by atoms with van der Waals surface area (Å²) in [6.45, 7) is 2.07. The highest BCUT2D eigenvalue weighted by Gasteiger charge is 2.17. The van der Waals surface area contributed by atoms with Gasteiger partial charge in [0.25, 0.3) is 0 Å². The number of tetrazole rings is 1. The van der Waals surface area contributed by atoms with Crippen molar-refractivity contribution in [3.8, 4) is 23.8 Å². The summed E-state index contributed by atoms with van der Waals surface area (Å²) in [5, 5.41) is 9.34. The van der Waals surface area contributed by atoms with Crippen LogP contribution in [0.4, 0.5) is 0 Å². The van der Waals surface area contributed by atoms with Crippen LogP contribution in [0, 0.1) is 19.3 Å². The smallest absolute Gasteiger partial charge is 0.368 e. The van der Waals surface area contributed by atoms with Crippen molar-refractivity contribution in [1.29, 1.82) is 0 Å². The number of ether oxygens (including phenoxy) is 1. The predicted octanol–water partition coefficient (Wildman–Crippen LogP) is 1.90. The number of aromatic nitrogens is 4. The summed E-state index contributed by atoms with van der Waals surface area (Å²) < 4.78 is 15.8. The van der Waals surface area contributed by atoms with Gasteiger partial charge in [-0.3, -0.25) is 0 Å². The molecule has 0 unspecified atom stereocenters. The maximum absolute atomic E-state index is 12.1. The molecular formula is C16H14N4O2S. The number of hydrogen-bond donors (Lipinski definition) is 0. The highest BCUT2D eigenvalue weighted by Crippen LogP contribution is 2.26. The van der Waals surface area contributed by atoms with Crippen molar-refractivity contribution in [2.24, 2.45) is 7.05 Å². The molecule has 0 spiro atoms. The maximum atomic E-state index is 12.1. The molecule has 1 aromatic carbocycles. The molecule has 0 atom stereocenters. The predicted molar refractivity (Wildman–Crippen MR) is 87.9 cm³/mol. The van der Waals surface area contributed by atoms with Crippen molar-refractivity contribution in [1.82, 2.24) is 19.8 Å². The summed E-state index contributed by atoms with van der Waals surface area (Å²) in [6.07, 6.45) is 5.56. The average molecular weight is 328 g/mol. The first kappa shape index (κ1) is 13.8. The van der Waals surface area contributed by atoms with E-state index in [-0.39, 0.29) is 12.3 Å². The zero-order valence-corrected chi connectivity index (χ0v) is 13.4. The molecule has 3 rings (SSSR count). The van der Waals surface area contributed by atoms with Gasteiger partial charge < -0.3 is 4.74 Å². The quantitative estimate of drug-likeness (QED) is 0.686. The molecule has 0 saturated heterocycles. The monoisotopic (exact) mass is 328 g/mol. The number of aryl methyl sites for hydroxylation is 2. The number of hydrogen-bond acceptors (Lipinski definition) is 5. The molecule has 0 amide bonds. The summed E-state index contributed by atoms with van der Waals surface area (Å²) in [5.41, 5.74) is 1.78. The van der Waals surface area contributed by atoms with Crippen molar-refractivity contribution in [3.63, 3.8) is 0 Å². The van der Waals surface area contributed by atoms with Gasteiger partial charge in [-0.25, -0.2) is 4.79 Å². The molecular weight excluding hydrogens is 312 g/mol. The lowest BCUT2D eigenvalue weighted by Crippen LogP contribution is -2.22. The van der Waals surface area contributed by atoms with Crippen LogP contribution in [0.5, 0.6) is 5.75 Å². The molecule has 23 heavy (non-hydrogen) atoms. The second-order valence-electron chi connectivity index (χ2n) is 4.85. The number of rotatable bonds is 4. The molecule has 0 N–H and O–H groups in total. The Morgan fingerprint density at radius 1 is 1.48 bits per heavy atom. The van der Waals surface area contributed by atoms with Crippen LogP contribution >= 0.6 is 11.3 Å². The summed E-state index contributed by atoms with van der Waals surface area (Å²) >= 11 is 1.35. The summed E-state index contributed by atoms with van der Waals surface area (Å²) in [7, 11) is 1.53. The first-order valence-electron chi connectivity index (χ1n) is 7.27. The Hall–Kier alpha value is -2.85. The van der Waals surface area contributed by atoms with Gasteiger partial charge in [0, 0.05) is 18.0 Å². The lowest BCUT2D eigenvalue weighted by Gasteiger charge is -2.09. The zero-order chi connectivity index (χ0) is 17.3. The van der Waals surface area contributed by atoms with Crippen molar-refractivity contribution >= 4 is 11.3 Å². The van der Waals surface area contributed by atoms with Gasteiger partial charge in [-0.1, -0.05) is 24.1 Å². The van der Waals surface area contributed by atoms with Crippen LogP contribution in [-0.2, 0) is 13.7 Å². The van der Waals surface area contributed by atoms with Crippen LogP contribution in [0.25, 0.3) is 5.69 Å². The summed E-state index contributed by atoms with van der Waals surface area (Å²) in [4.78, 5) is 12.8. The normalized spacial score (nSPS) is 11.1. The third-order valence-electron chi connectivity index (χ3n) is 3.34. The third kappa shape index (κ3) is 2.76. The maximum Gasteiger partial charge on any atom is 0.368 e. The minimum absolute atomic E-state index is 0.194. The second-order valence-corrected chi connectivity index (χ2v) is 5.73. The highest BCUT2D eigenvalue weighted by molar-refractivity contribution is 7.11. The van der Waals surface area contributed by atoms with Crippen LogP contribution in [-0.4, -0.2) is 19.8 Å². The van der Waals surface area contributed by atoms with Crippen LogP contribution in [0.2, 0.25) is 0 Å². The first-order chi connectivity index (χ1) is 11.5. The van der Waals surface area contributed by atoms with E-state index < -0.39 is 0 Å². The van der Waals surface area contributed by atoms with Crippen LogP contribution in [0.15, 0.2) is 34.4 Å². The Labute approximate surface area is 138 Å². The Kier molecular flexibility index (Phi) is 3.66. The molecule has 0 radical (unpaired) electrons. The lowest BCUT2D eigenvalue weighted by molar-refractivity contribution is 0.303. The molecule has 0 aliphatic rings. The molecule has 0 fully saturated rings. The summed E-state index contributed by atoms with van der Waals surface area (Å²) in [6, 6.07) is 5.55. The van der Waals surface area contributed by atoms with Gasteiger partial charge in [-0.2, -0.15) is 9.36 Å². The van der Waals surface area contributed by atoms with Crippen LogP contribution in [0.1, 0.15) is 17.4 Å². The number of para-hydroxylation sites is 1. The number of terminal acetylenes is 1. The average Bonchev–Trinajstić information content (AvgIpc) is 3.10. The SMILES string of the molecule is [3H]c1ccc(OCc2c(-n3nnn(C)c3=O)csc2C#C)c(C)c1. The molecule has 2 aromatic heterocycles. The molecule has 0 bridgehead atoms. The highest BCUT2D eigenvalue weighted by atomic mass is 32.1. The number of nitrogens with zero attached hydrogens (tertiary/aromatic N) is 4. The Balaban J connectivity index is 1.96. The van der Waals surface area contributed by atoms with E-state index in [0.29, 0.717) is 27.9 Å². The van der Waals surface area contributed by atoms with Crippen molar-refractivity contribution in [3.05, 3.63) is 56.1 Å². The molecule has 2 heterocycles. The van der Waals surface area contributed by atoms with Crippen LogP contribution < -0.4 is 10.4 Å². The van der Waals surface area contributed by atoms with Gasteiger partial charge >= 0.3 is 5.69 Å². The van der Waals surface area contributed by atoms with Crippen molar-refractivity contribution in [2.45, 2.75) is 13.5 Å². The minimum atomic E-state index is -0.354. The standard InChI is InChI=1S/C16H14N4O2S/c1-4-15-12(9-22-14-8-6-5-7-11(14)2)13(10-23-15)20-16(21)19(3)17-18-20/h1,5-8,10H,9H2,2-3H3/i5T. The minimum Gasteiger partial charge on any atom is -0.488 e. The Bertz CT molecular complexity index is 996. The topological polar surface area (TPSA) is 61.9 Å². The lowest BCUT2D eigenvalue weighted by atomic mass is 10.2. The summed E-state index contributed by atoms with van der Waals surface area (Å²) in [5.74, 6) is 3.27. The first-order valence-corrected chi connectivity index (χ1v) is 7.65. The van der Waals surface area contributed by atoms with Gasteiger partial charge in [0.15, 0.2) is 0 Å². The van der Waals surface area contributed by atoms with Gasteiger partial charge in [-0.05, 0) is 29.0 Å². The van der Waals surface area contributed by atoms with E-state index in [4.69, 9.17) is 12.5 Å². The second kappa shape index (κ2) is 6.10. The molecule has 3 aromatic rings. The van der Waals surface area contributed by atoms with E-state index in [9.17, 15) is 4.79 Å². The van der Waals surface area contributed by atoms with Gasteiger partial charge in [0.05, 0.1) is 11.9 Å². The van der Waals surface area contributed by atoms with Crippen molar-refractivity contribution < 1.29 is 6.11 Å². The van der Waals surface area contributed by atoms with Crippen molar-refractivity contribution in [2.75, 3.05) is 0 Å². The van der Waals surface area contributed by atoms with Gasteiger partial charge in [-0.15, -0.1) is 17.8 Å². The van der Waals surface area contributed by atoms with E-state index in [1.54, 1.807) is 23.6 Å². The van der Waals surface area contributed by atoms with E-state index in [1.165, 1.54) is 23.1 Å². The van der Waals surface area contributed by atoms with Crippen LogP contribution in [0.3, 0.4) is 0 Å². The fourth-order valence-electron chi connectivity index (χ4n) is 2.09.